The number of aliphatic hydroxyl groups is 1. The molecule has 5 saturated carbocycles. The minimum absolute atomic E-state index is 0.0632. The Kier molecular flexibility index (Phi) is 4.82. The lowest BCUT2D eigenvalue weighted by Gasteiger charge is -2.73. The van der Waals surface area contributed by atoms with Crippen molar-refractivity contribution in [2.24, 2.45) is 56.7 Å². The van der Waals surface area contributed by atoms with Crippen LogP contribution < -0.4 is 0 Å². The van der Waals surface area contributed by atoms with Crippen LogP contribution in [0.3, 0.4) is 0 Å². The zero-order valence-corrected chi connectivity index (χ0v) is 21.7. The molecule has 0 saturated heterocycles. The normalized spacial score (nSPS) is 57.9. The molecular weight excluding hydrogens is 376 g/mol. The monoisotopic (exact) mass is 426 g/mol. The number of rotatable bonds is 1. The van der Waals surface area contributed by atoms with Gasteiger partial charge in [0.15, 0.2) is 0 Å². The van der Waals surface area contributed by atoms with Crippen molar-refractivity contribution < 1.29 is 5.11 Å². The van der Waals surface area contributed by atoms with Crippen molar-refractivity contribution >= 4 is 0 Å². The van der Waals surface area contributed by atoms with Crippen molar-refractivity contribution in [3.8, 4) is 0 Å². The molecule has 0 aromatic carbocycles. The van der Waals surface area contributed by atoms with Gasteiger partial charge in [-0.15, -0.1) is 0 Å². The number of hydrogen-bond donors (Lipinski definition) is 1. The molecule has 1 N–H and O–H groups in total. The van der Waals surface area contributed by atoms with Crippen molar-refractivity contribution in [1.82, 2.24) is 0 Å². The highest BCUT2D eigenvalue weighted by atomic mass is 16.3. The second-order valence-electron chi connectivity index (χ2n) is 14.7. The Balaban J connectivity index is 1.54. The van der Waals surface area contributed by atoms with Crippen molar-refractivity contribution in [3.05, 3.63) is 12.2 Å². The standard InChI is InChI=1S/C30H50O/c1-19(2)20-11-14-27(5)17-18-29(7)21(25(20)27)9-10-23-28(6)15-13-24(31)26(3,4)22(28)12-16-30(23,29)8/h20-25,31H,1,9-18H2,2-8H3/t20?,21-,22?,23?,24+,25?,27-,28+,29-,30-/m1/s1. The average Bonchev–Trinajstić information content (AvgIpc) is 3.04. The van der Waals surface area contributed by atoms with Crippen LogP contribution in [-0.2, 0) is 0 Å². The average molecular weight is 427 g/mol. The van der Waals surface area contributed by atoms with Gasteiger partial charge in [-0.2, -0.15) is 0 Å². The third kappa shape index (κ3) is 2.65. The van der Waals surface area contributed by atoms with E-state index in [1.165, 1.54) is 63.4 Å². The molecule has 5 rings (SSSR count). The molecule has 176 valence electrons. The maximum absolute atomic E-state index is 10.9. The molecule has 31 heavy (non-hydrogen) atoms. The summed E-state index contributed by atoms with van der Waals surface area (Å²) in [4.78, 5) is 0. The van der Waals surface area contributed by atoms with E-state index in [1.54, 1.807) is 0 Å². The van der Waals surface area contributed by atoms with Crippen molar-refractivity contribution in [2.45, 2.75) is 119 Å². The Bertz CT molecular complexity index is 766. The van der Waals surface area contributed by atoms with Crippen molar-refractivity contribution in [1.29, 1.82) is 0 Å². The Hall–Kier alpha value is -0.300. The topological polar surface area (TPSA) is 20.2 Å². The summed E-state index contributed by atoms with van der Waals surface area (Å²) in [6.45, 7) is 22.3. The molecule has 0 heterocycles. The lowest BCUT2D eigenvalue weighted by molar-refractivity contribution is -0.246. The summed E-state index contributed by atoms with van der Waals surface area (Å²) in [7, 11) is 0. The van der Waals surface area contributed by atoms with E-state index in [9.17, 15) is 5.11 Å². The van der Waals surface area contributed by atoms with Gasteiger partial charge in [0.1, 0.15) is 0 Å². The van der Waals surface area contributed by atoms with Crippen LogP contribution in [-0.4, -0.2) is 11.2 Å². The van der Waals surface area contributed by atoms with Crippen LogP contribution in [0, 0.1) is 56.7 Å². The second-order valence-corrected chi connectivity index (χ2v) is 14.7. The largest absolute Gasteiger partial charge is 0.393 e. The molecule has 0 bridgehead atoms. The molecule has 10 atom stereocenters. The van der Waals surface area contributed by atoms with Gasteiger partial charge < -0.3 is 5.11 Å². The Labute approximate surface area is 192 Å². The molecule has 0 aromatic rings. The van der Waals surface area contributed by atoms with Crippen LogP contribution in [0.15, 0.2) is 12.2 Å². The van der Waals surface area contributed by atoms with Gasteiger partial charge in [-0.25, -0.2) is 0 Å². The number of aliphatic hydroxyl groups excluding tert-OH is 1. The van der Waals surface area contributed by atoms with E-state index in [0.29, 0.717) is 27.6 Å². The molecule has 5 aliphatic rings. The number of allylic oxidation sites excluding steroid dienone is 1. The highest BCUT2D eigenvalue weighted by Crippen LogP contribution is 2.77. The second kappa shape index (κ2) is 6.64. The van der Waals surface area contributed by atoms with Crippen LogP contribution in [0.5, 0.6) is 0 Å². The molecule has 5 aliphatic carbocycles. The van der Waals surface area contributed by atoms with Gasteiger partial charge in [0.25, 0.3) is 0 Å². The van der Waals surface area contributed by atoms with E-state index in [0.717, 1.165) is 30.1 Å². The van der Waals surface area contributed by atoms with Crippen molar-refractivity contribution in [3.63, 3.8) is 0 Å². The summed E-state index contributed by atoms with van der Waals surface area (Å²) in [5.41, 5.74) is 3.38. The van der Waals surface area contributed by atoms with Crippen LogP contribution in [0.4, 0.5) is 0 Å². The fourth-order valence-corrected chi connectivity index (χ4v) is 11.5. The van der Waals surface area contributed by atoms with E-state index < -0.39 is 0 Å². The van der Waals surface area contributed by atoms with Gasteiger partial charge in [-0.05, 0) is 128 Å². The minimum Gasteiger partial charge on any atom is -0.393 e. The summed E-state index contributed by atoms with van der Waals surface area (Å²) in [6.07, 6.45) is 13.4. The summed E-state index contributed by atoms with van der Waals surface area (Å²) >= 11 is 0. The molecule has 4 unspecified atom stereocenters. The molecule has 0 aromatic heterocycles. The van der Waals surface area contributed by atoms with Crippen LogP contribution in [0.2, 0.25) is 0 Å². The Morgan fingerprint density at radius 1 is 0.742 bits per heavy atom. The van der Waals surface area contributed by atoms with Crippen LogP contribution in [0.1, 0.15) is 113 Å². The van der Waals surface area contributed by atoms with Gasteiger partial charge >= 0.3 is 0 Å². The lowest BCUT2D eigenvalue weighted by Crippen LogP contribution is -2.66. The number of hydrogen-bond acceptors (Lipinski definition) is 1. The minimum atomic E-state index is -0.118. The van der Waals surface area contributed by atoms with E-state index in [-0.39, 0.29) is 11.5 Å². The molecule has 0 spiro atoms. The number of fused-ring (bicyclic) bond motifs is 7. The maximum Gasteiger partial charge on any atom is 0.0594 e. The first-order valence-corrected chi connectivity index (χ1v) is 13.6. The zero-order chi connectivity index (χ0) is 22.6. The molecule has 0 aliphatic heterocycles. The van der Waals surface area contributed by atoms with Gasteiger partial charge in [0, 0.05) is 0 Å². The van der Waals surface area contributed by atoms with Crippen LogP contribution >= 0.6 is 0 Å². The van der Waals surface area contributed by atoms with E-state index in [2.05, 4.69) is 55.0 Å². The highest BCUT2D eigenvalue weighted by Gasteiger charge is 2.70. The highest BCUT2D eigenvalue weighted by molar-refractivity contribution is 5.21. The molecule has 0 amide bonds. The third-order valence-corrected chi connectivity index (χ3v) is 13.5. The maximum atomic E-state index is 10.9. The first-order valence-electron chi connectivity index (χ1n) is 13.6. The summed E-state index contributed by atoms with van der Waals surface area (Å²) in [6, 6.07) is 0. The van der Waals surface area contributed by atoms with E-state index in [1.807, 2.05) is 0 Å². The molecule has 5 fully saturated rings. The van der Waals surface area contributed by atoms with Gasteiger partial charge in [0.05, 0.1) is 6.10 Å². The van der Waals surface area contributed by atoms with Crippen molar-refractivity contribution in [2.75, 3.05) is 0 Å². The predicted molar refractivity (Wildman–Crippen MR) is 131 cm³/mol. The third-order valence-electron chi connectivity index (χ3n) is 13.5. The van der Waals surface area contributed by atoms with Gasteiger partial charge in [-0.3, -0.25) is 0 Å². The molecule has 0 radical (unpaired) electrons. The first kappa shape index (κ1) is 22.5. The molecular formula is C30H50O. The Morgan fingerprint density at radius 3 is 2.13 bits per heavy atom. The fraction of sp³-hybridized carbons (Fsp3) is 0.933. The van der Waals surface area contributed by atoms with Crippen LogP contribution in [0.25, 0.3) is 0 Å². The van der Waals surface area contributed by atoms with Gasteiger partial charge in [-0.1, -0.05) is 53.7 Å². The summed E-state index contributed by atoms with van der Waals surface area (Å²) < 4.78 is 0. The molecule has 1 nitrogen and oxygen atoms in total. The SMILES string of the molecule is C=C(C)C1CC[C@]2(C)CC[C@]3(C)[C@H](CCC4[C@@]5(C)CC[C@H](O)C(C)(C)C5CC[C@]43C)C12. The van der Waals surface area contributed by atoms with E-state index in [4.69, 9.17) is 0 Å². The quantitative estimate of drug-likeness (QED) is 0.421. The smallest absolute Gasteiger partial charge is 0.0594 e. The Morgan fingerprint density at radius 2 is 1.45 bits per heavy atom. The van der Waals surface area contributed by atoms with E-state index >= 15 is 0 Å². The summed E-state index contributed by atoms with van der Waals surface area (Å²) in [5, 5.41) is 10.9. The zero-order valence-electron chi connectivity index (χ0n) is 21.7. The predicted octanol–water partition coefficient (Wildman–Crippen LogP) is 8.02. The fourth-order valence-electron chi connectivity index (χ4n) is 11.5. The lowest BCUT2D eigenvalue weighted by atomic mass is 9.32. The van der Waals surface area contributed by atoms with Gasteiger partial charge in [0.2, 0.25) is 0 Å². The molecule has 1 heteroatoms. The first-order chi connectivity index (χ1) is 14.3. The summed E-state index contributed by atoms with van der Waals surface area (Å²) in [5.74, 6) is 3.98.